The van der Waals surface area contributed by atoms with Crippen LogP contribution in [0.1, 0.15) is 32.1 Å². The summed E-state index contributed by atoms with van der Waals surface area (Å²) in [5.74, 6) is 1.45. The van der Waals surface area contributed by atoms with Crippen LogP contribution in [0.2, 0.25) is 0 Å². The van der Waals surface area contributed by atoms with E-state index in [1.807, 2.05) is 0 Å². The van der Waals surface area contributed by atoms with Crippen LogP contribution < -0.4 is 11.1 Å². The summed E-state index contributed by atoms with van der Waals surface area (Å²) in [4.78, 5) is 3.24. The average Bonchev–Trinajstić information content (AvgIpc) is 2.32. The van der Waals surface area contributed by atoms with Gasteiger partial charge >= 0.3 is 0 Å². The second-order valence-corrected chi connectivity index (χ2v) is 7.58. The molecule has 0 aromatic heterocycles. The Morgan fingerprint density at radius 2 is 2.06 bits per heavy atom. The van der Waals surface area contributed by atoms with E-state index in [-0.39, 0.29) is 0 Å². The second kappa shape index (κ2) is 4.80. The lowest BCUT2D eigenvalue weighted by atomic mass is 9.69. The predicted molar refractivity (Wildman–Crippen MR) is 72.9 cm³/mol. The Bertz CT molecular complexity index is 284. The van der Waals surface area contributed by atoms with Crippen molar-refractivity contribution >= 4 is 15.9 Å². The molecule has 3 nitrogen and oxygen atoms in total. The summed E-state index contributed by atoms with van der Waals surface area (Å²) < 4.78 is 0. The van der Waals surface area contributed by atoms with Crippen molar-refractivity contribution < 1.29 is 5.32 Å². The SMILES string of the molecule is CN1CCCC2C(N)C3CC(Br)CCC3[NH2+]C21. The van der Waals surface area contributed by atoms with Crippen LogP contribution in [0.4, 0.5) is 0 Å². The van der Waals surface area contributed by atoms with E-state index in [1.165, 1.54) is 38.6 Å². The maximum Gasteiger partial charge on any atom is 0.146 e. The molecule has 0 aromatic carbocycles. The highest BCUT2D eigenvalue weighted by Gasteiger charge is 2.49. The van der Waals surface area contributed by atoms with Crippen molar-refractivity contribution in [2.24, 2.45) is 17.6 Å². The van der Waals surface area contributed by atoms with Crippen molar-refractivity contribution in [2.75, 3.05) is 13.6 Å². The molecule has 0 aromatic rings. The fraction of sp³-hybridized carbons (Fsp3) is 1.00. The van der Waals surface area contributed by atoms with Crippen molar-refractivity contribution in [3.63, 3.8) is 0 Å². The molecule has 98 valence electrons. The first-order valence-corrected chi connectivity index (χ1v) is 8.03. The molecule has 2 aliphatic heterocycles. The molecule has 6 unspecified atom stereocenters. The number of hydrogen-bond acceptors (Lipinski definition) is 2. The summed E-state index contributed by atoms with van der Waals surface area (Å²) in [7, 11) is 2.27. The summed E-state index contributed by atoms with van der Waals surface area (Å²) in [5.41, 5.74) is 6.60. The van der Waals surface area contributed by atoms with Crippen molar-refractivity contribution in [1.29, 1.82) is 0 Å². The minimum Gasteiger partial charge on any atom is -0.328 e. The maximum atomic E-state index is 6.60. The highest BCUT2D eigenvalue weighted by atomic mass is 79.9. The van der Waals surface area contributed by atoms with E-state index in [2.05, 4.69) is 33.2 Å². The van der Waals surface area contributed by atoms with E-state index in [9.17, 15) is 0 Å². The second-order valence-electron chi connectivity index (χ2n) is 6.29. The molecule has 0 bridgehead atoms. The van der Waals surface area contributed by atoms with Crippen LogP contribution in [0.3, 0.4) is 0 Å². The van der Waals surface area contributed by atoms with Gasteiger partial charge in [0.25, 0.3) is 0 Å². The molecule has 0 spiro atoms. The van der Waals surface area contributed by atoms with Gasteiger partial charge in [0, 0.05) is 35.7 Å². The zero-order chi connectivity index (χ0) is 12.0. The van der Waals surface area contributed by atoms with Gasteiger partial charge in [-0.2, -0.15) is 0 Å². The van der Waals surface area contributed by atoms with Crippen molar-refractivity contribution in [3.05, 3.63) is 0 Å². The first-order chi connectivity index (χ1) is 8.16. The fourth-order valence-corrected chi connectivity index (χ4v) is 5.06. The maximum absolute atomic E-state index is 6.60. The number of quaternary nitrogens is 1. The van der Waals surface area contributed by atoms with Crippen LogP contribution in [-0.2, 0) is 0 Å². The predicted octanol–water partition coefficient (Wildman–Crippen LogP) is 0.491. The van der Waals surface area contributed by atoms with E-state index in [4.69, 9.17) is 5.73 Å². The van der Waals surface area contributed by atoms with E-state index >= 15 is 0 Å². The molecular weight excluding hydrogens is 278 g/mol. The number of nitrogens with zero attached hydrogens (tertiary/aromatic N) is 1. The molecule has 0 radical (unpaired) electrons. The van der Waals surface area contributed by atoms with Crippen LogP contribution in [0, 0.1) is 11.8 Å². The summed E-state index contributed by atoms with van der Waals surface area (Å²) in [5, 5.41) is 2.65. The highest BCUT2D eigenvalue weighted by Crippen LogP contribution is 2.37. The van der Waals surface area contributed by atoms with Crippen LogP contribution >= 0.6 is 15.9 Å². The van der Waals surface area contributed by atoms with Crippen molar-refractivity contribution in [1.82, 2.24) is 4.90 Å². The lowest BCUT2D eigenvalue weighted by molar-refractivity contribution is -0.765. The van der Waals surface area contributed by atoms with Crippen molar-refractivity contribution in [2.45, 2.75) is 55.2 Å². The Hall–Kier alpha value is 0.360. The molecule has 17 heavy (non-hydrogen) atoms. The Balaban J connectivity index is 1.78. The molecule has 4 N–H and O–H groups in total. The molecule has 3 rings (SSSR count). The molecule has 3 aliphatic rings. The third-order valence-corrected chi connectivity index (χ3v) is 6.15. The van der Waals surface area contributed by atoms with Gasteiger partial charge in [-0.25, -0.2) is 0 Å². The zero-order valence-corrected chi connectivity index (χ0v) is 12.3. The minimum atomic E-state index is 0.429. The van der Waals surface area contributed by atoms with Gasteiger partial charge in [-0.05, 0) is 32.7 Å². The summed E-state index contributed by atoms with van der Waals surface area (Å²) in [6, 6.07) is 1.21. The van der Waals surface area contributed by atoms with E-state index in [1.54, 1.807) is 0 Å². The lowest BCUT2D eigenvalue weighted by Gasteiger charge is -2.51. The molecule has 1 aliphatic carbocycles. The zero-order valence-electron chi connectivity index (χ0n) is 10.7. The van der Waals surface area contributed by atoms with Crippen LogP contribution in [0.5, 0.6) is 0 Å². The topological polar surface area (TPSA) is 45.9 Å². The van der Waals surface area contributed by atoms with E-state index in [0.29, 0.717) is 23.0 Å². The number of nitrogens with two attached hydrogens (primary N) is 2. The third kappa shape index (κ3) is 2.18. The molecule has 0 amide bonds. The average molecular weight is 303 g/mol. The summed E-state index contributed by atoms with van der Waals surface area (Å²) in [6.45, 7) is 1.25. The Morgan fingerprint density at radius 3 is 2.88 bits per heavy atom. The van der Waals surface area contributed by atoms with Crippen molar-refractivity contribution in [3.8, 4) is 0 Å². The Labute approximate surface area is 113 Å². The molecule has 3 fully saturated rings. The third-order valence-electron chi connectivity index (χ3n) is 5.32. The quantitative estimate of drug-likeness (QED) is 0.640. The number of piperidine rings is 2. The molecule has 6 atom stereocenters. The molecule has 2 saturated heterocycles. The molecule has 2 heterocycles. The summed E-state index contributed by atoms with van der Waals surface area (Å²) >= 11 is 3.80. The molecule has 1 saturated carbocycles. The number of halogens is 1. The first kappa shape index (κ1) is 12.4. The number of rotatable bonds is 0. The summed E-state index contributed by atoms with van der Waals surface area (Å²) in [6.07, 6.45) is 7.27. The number of likely N-dealkylation sites (tertiary alicyclic amines) is 1. The molecular formula is C13H25BrN3+. The van der Waals surface area contributed by atoms with Gasteiger partial charge in [0.2, 0.25) is 0 Å². The normalized spacial score (nSPS) is 51.7. The Morgan fingerprint density at radius 1 is 1.24 bits per heavy atom. The first-order valence-electron chi connectivity index (χ1n) is 7.11. The van der Waals surface area contributed by atoms with Gasteiger partial charge < -0.3 is 11.1 Å². The van der Waals surface area contributed by atoms with Gasteiger partial charge in [-0.15, -0.1) is 0 Å². The Kier molecular flexibility index (Phi) is 3.50. The molecule has 4 heteroatoms. The monoisotopic (exact) mass is 302 g/mol. The van der Waals surface area contributed by atoms with Gasteiger partial charge in [0.05, 0.1) is 6.04 Å². The van der Waals surface area contributed by atoms with Crippen LogP contribution in [0.15, 0.2) is 0 Å². The number of alkyl halides is 1. The lowest BCUT2D eigenvalue weighted by Crippen LogP contribution is -3.04. The van der Waals surface area contributed by atoms with Gasteiger partial charge in [-0.3, -0.25) is 4.90 Å². The number of fused-ring (bicyclic) bond motifs is 2. The largest absolute Gasteiger partial charge is 0.328 e. The van der Waals surface area contributed by atoms with Gasteiger partial charge in [0.1, 0.15) is 6.17 Å². The number of hydrogen-bond donors (Lipinski definition) is 2. The standard InChI is InChI=1S/C13H24BrN3/c1-17-6-2-3-9-12(15)10-7-8(14)4-5-11(10)16-13(9)17/h8-13,16H,2-7,15H2,1H3/p+1. The minimum absolute atomic E-state index is 0.429. The van der Waals surface area contributed by atoms with Gasteiger partial charge in [-0.1, -0.05) is 15.9 Å². The fourth-order valence-electron chi connectivity index (χ4n) is 4.36. The van der Waals surface area contributed by atoms with Gasteiger partial charge in [0.15, 0.2) is 0 Å². The van der Waals surface area contributed by atoms with Crippen LogP contribution in [-0.4, -0.2) is 41.6 Å². The van der Waals surface area contributed by atoms with E-state index < -0.39 is 0 Å². The highest BCUT2D eigenvalue weighted by molar-refractivity contribution is 9.09. The smallest absolute Gasteiger partial charge is 0.146 e. The van der Waals surface area contributed by atoms with Crippen LogP contribution in [0.25, 0.3) is 0 Å². The van der Waals surface area contributed by atoms with E-state index in [0.717, 1.165) is 12.0 Å².